The van der Waals surface area contributed by atoms with Crippen molar-refractivity contribution in [3.63, 3.8) is 0 Å². The maximum atomic E-state index is 13.0. The highest BCUT2D eigenvalue weighted by atomic mass is 16.7. The summed E-state index contributed by atoms with van der Waals surface area (Å²) in [6.07, 6.45) is 5.92. The summed E-state index contributed by atoms with van der Waals surface area (Å²) in [5, 5.41) is 8.80. The molecule has 1 aromatic heterocycles. The van der Waals surface area contributed by atoms with Crippen molar-refractivity contribution in [2.75, 3.05) is 18.7 Å². The van der Waals surface area contributed by atoms with Gasteiger partial charge in [-0.3, -0.25) is 14.6 Å². The highest BCUT2D eigenvalue weighted by Gasteiger charge is 2.22. The zero-order valence-electron chi connectivity index (χ0n) is 17.0. The molecule has 2 amide bonds. The van der Waals surface area contributed by atoms with Crippen molar-refractivity contribution >= 4 is 23.2 Å². The molecule has 0 spiro atoms. The molecule has 3 aromatic rings. The number of carbonyl (C=O) groups is 2. The van der Waals surface area contributed by atoms with Crippen LogP contribution in [0.4, 0.5) is 5.69 Å². The highest BCUT2D eigenvalue weighted by Crippen LogP contribution is 2.33. The molecule has 0 radical (unpaired) electrons. The van der Waals surface area contributed by atoms with E-state index in [0.29, 0.717) is 29.3 Å². The number of aromatic nitrogens is 2. The van der Waals surface area contributed by atoms with Crippen LogP contribution in [-0.4, -0.2) is 45.8 Å². The van der Waals surface area contributed by atoms with E-state index in [1.165, 1.54) is 23.6 Å². The Morgan fingerprint density at radius 3 is 2.66 bits per heavy atom. The number of carbonyl (C=O) groups excluding carboxylic acids is 2. The third kappa shape index (κ3) is 4.00. The van der Waals surface area contributed by atoms with Crippen LogP contribution in [0.3, 0.4) is 0 Å². The molecule has 32 heavy (non-hydrogen) atoms. The number of amides is 2. The monoisotopic (exact) mass is 429 g/mol. The number of fused-ring (bicyclic) bond motifs is 1. The number of ether oxygens (including phenoxy) is 2. The third-order valence-corrected chi connectivity index (χ3v) is 5.15. The second kappa shape index (κ2) is 8.46. The van der Waals surface area contributed by atoms with Crippen LogP contribution in [0.25, 0.3) is 0 Å². The van der Waals surface area contributed by atoms with E-state index in [9.17, 15) is 9.59 Å². The summed E-state index contributed by atoms with van der Waals surface area (Å²) in [7, 11) is 0. The fraction of sp³-hybridized carbons (Fsp3) is 0.174. The lowest BCUT2D eigenvalue weighted by Gasteiger charge is -2.24. The Labute approximate surface area is 183 Å². The topological polar surface area (TPSA) is 106 Å². The number of hydrogen-bond acceptors (Lipinski definition) is 7. The molecule has 5 rings (SSSR count). The minimum absolute atomic E-state index is 0.199. The third-order valence-electron chi connectivity index (χ3n) is 5.15. The van der Waals surface area contributed by atoms with E-state index in [2.05, 4.69) is 20.4 Å². The minimum Gasteiger partial charge on any atom is -0.454 e. The number of hydrazone groups is 1. The van der Waals surface area contributed by atoms with Crippen LogP contribution in [0, 0.1) is 0 Å². The fourth-order valence-corrected chi connectivity index (χ4v) is 3.52. The van der Waals surface area contributed by atoms with E-state index < -0.39 is 0 Å². The lowest BCUT2D eigenvalue weighted by atomic mass is 10.0. The summed E-state index contributed by atoms with van der Waals surface area (Å²) in [6.45, 7) is 0.753. The second-order valence-corrected chi connectivity index (χ2v) is 7.27. The van der Waals surface area contributed by atoms with Crippen molar-refractivity contribution < 1.29 is 19.1 Å². The zero-order chi connectivity index (χ0) is 21.9. The Morgan fingerprint density at radius 2 is 1.84 bits per heavy atom. The maximum absolute atomic E-state index is 13.0. The SMILES string of the molecule is O=C(Nc1ccc(C(=O)N2CCCC(c3ccc4c(c3)OCO4)=N2)cc1)c1cnccn1. The van der Waals surface area contributed by atoms with Crippen LogP contribution in [0.5, 0.6) is 11.5 Å². The summed E-state index contributed by atoms with van der Waals surface area (Å²) in [5.74, 6) is 0.832. The van der Waals surface area contributed by atoms with Crippen molar-refractivity contribution in [1.82, 2.24) is 15.0 Å². The highest BCUT2D eigenvalue weighted by molar-refractivity contribution is 6.04. The summed E-state index contributed by atoms with van der Waals surface area (Å²) in [5.41, 5.74) is 2.99. The Kier molecular flexibility index (Phi) is 5.20. The normalized spacial score (nSPS) is 14.6. The van der Waals surface area contributed by atoms with Gasteiger partial charge >= 0.3 is 0 Å². The molecule has 160 valence electrons. The number of rotatable bonds is 4. The predicted octanol–water partition coefficient (Wildman–Crippen LogP) is 3.10. The van der Waals surface area contributed by atoms with Crippen LogP contribution >= 0.6 is 0 Å². The average molecular weight is 429 g/mol. The molecule has 9 heteroatoms. The Bertz CT molecular complexity index is 1190. The Morgan fingerprint density at radius 1 is 1.00 bits per heavy atom. The number of nitrogens with one attached hydrogen (secondary N) is 1. The largest absolute Gasteiger partial charge is 0.454 e. The molecule has 0 atom stereocenters. The summed E-state index contributed by atoms with van der Waals surface area (Å²) >= 11 is 0. The van der Waals surface area contributed by atoms with Crippen molar-refractivity contribution in [1.29, 1.82) is 0 Å². The first kappa shape index (κ1) is 19.7. The first-order valence-corrected chi connectivity index (χ1v) is 10.1. The first-order chi connectivity index (χ1) is 15.7. The molecule has 0 saturated carbocycles. The molecular formula is C23H19N5O4. The first-order valence-electron chi connectivity index (χ1n) is 10.1. The standard InChI is InChI=1S/C23H19N5O4/c29-22(19-13-24-9-10-25-19)26-17-6-3-15(4-7-17)23(30)28-11-1-2-18(27-28)16-5-8-20-21(12-16)32-14-31-20/h3-10,12-13H,1-2,11,14H2,(H,26,29). The molecule has 0 unspecified atom stereocenters. The second-order valence-electron chi connectivity index (χ2n) is 7.27. The van der Waals surface area contributed by atoms with Gasteiger partial charge in [0.2, 0.25) is 6.79 Å². The molecule has 2 aromatic carbocycles. The van der Waals surface area contributed by atoms with Crippen molar-refractivity contribution in [2.45, 2.75) is 12.8 Å². The molecular weight excluding hydrogens is 410 g/mol. The van der Waals surface area contributed by atoms with Gasteiger partial charge in [-0.25, -0.2) is 9.99 Å². The number of hydrogen-bond donors (Lipinski definition) is 1. The van der Waals surface area contributed by atoms with Gasteiger partial charge in [-0.05, 0) is 55.3 Å². The quantitative estimate of drug-likeness (QED) is 0.683. The minimum atomic E-state index is -0.369. The van der Waals surface area contributed by atoms with E-state index in [4.69, 9.17) is 9.47 Å². The molecule has 0 saturated heterocycles. The van der Waals surface area contributed by atoms with Gasteiger partial charge in [-0.2, -0.15) is 5.10 Å². The summed E-state index contributed by atoms with van der Waals surface area (Å²) < 4.78 is 10.8. The molecule has 9 nitrogen and oxygen atoms in total. The van der Waals surface area contributed by atoms with Crippen LogP contribution < -0.4 is 14.8 Å². The van der Waals surface area contributed by atoms with Gasteiger partial charge in [0.15, 0.2) is 11.5 Å². The fourth-order valence-electron chi connectivity index (χ4n) is 3.52. The Hall–Kier alpha value is -4.27. The van der Waals surface area contributed by atoms with Gasteiger partial charge in [0.1, 0.15) is 5.69 Å². The molecule has 3 heterocycles. The van der Waals surface area contributed by atoms with Gasteiger partial charge in [-0.15, -0.1) is 0 Å². The Balaban J connectivity index is 1.29. The van der Waals surface area contributed by atoms with Crippen molar-refractivity contribution in [3.05, 3.63) is 77.9 Å². The van der Waals surface area contributed by atoms with Crippen LogP contribution in [-0.2, 0) is 0 Å². The maximum Gasteiger partial charge on any atom is 0.275 e. The van der Waals surface area contributed by atoms with E-state index in [0.717, 1.165) is 24.1 Å². The van der Waals surface area contributed by atoms with E-state index in [1.54, 1.807) is 24.3 Å². The van der Waals surface area contributed by atoms with Gasteiger partial charge < -0.3 is 14.8 Å². The van der Waals surface area contributed by atoms with Crippen LogP contribution in [0.2, 0.25) is 0 Å². The van der Waals surface area contributed by atoms with Crippen molar-refractivity contribution in [3.8, 4) is 11.5 Å². The number of benzene rings is 2. The molecule has 0 aliphatic carbocycles. The van der Waals surface area contributed by atoms with Gasteiger partial charge in [-0.1, -0.05) is 0 Å². The summed E-state index contributed by atoms with van der Waals surface area (Å²) in [6, 6.07) is 12.4. The molecule has 2 aliphatic heterocycles. The molecule has 0 fully saturated rings. The smallest absolute Gasteiger partial charge is 0.275 e. The number of nitrogens with zero attached hydrogens (tertiary/aromatic N) is 4. The van der Waals surface area contributed by atoms with Crippen LogP contribution in [0.15, 0.2) is 66.2 Å². The molecule has 1 N–H and O–H groups in total. The van der Waals surface area contributed by atoms with Gasteiger partial charge in [0, 0.05) is 35.8 Å². The number of anilines is 1. The molecule has 2 aliphatic rings. The lowest BCUT2D eigenvalue weighted by Crippen LogP contribution is -2.32. The molecule has 0 bridgehead atoms. The zero-order valence-corrected chi connectivity index (χ0v) is 17.0. The van der Waals surface area contributed by atoms with Crippen molar-refractivity contribution in [2.24, 2.45) is 5.10 Å². The van der Waals surface area contributed by atoms with E-state index in [1.807, 2.05) is 18.2 Å². The van der Waals surface area contributed by atoms with E-state index in [-0.39, 0.29) is 24.3 Å². The predicted molar refractivity (Wildman–Crippen MR) is 116 cm³/mol. The van der Waals surface area contributed by atoms with Crippen LogP contribution in [0.1, 0.15) is 39.3 Å². The lowest BCUT2D eigenvalue weighted by molar-refractivity contribution is 0.0751. The van der Waals surface area contributed by atoms with Gasteiger partial charge in [0.25, 0.3) is 11.8 Å². The van der Waals surface area contributed by atoms with E-state index >= 15 is 0 Å². The average Bonchev–Trinajstić information content (AvgIpc) is 3.33. The summed E-state index contributed by atoms with van der Waals surface area (Å²) in [4.78, 5) is 33.0. The van der Waals surface area contributed by atoms with Gasteiger partial charge in [0.05, 0.1) is 11.9 Å².